The number of aromatic nitrogens is 3. The zero-order valence-electron chi connectivity index (χ0n) is 13.5. The van der Waals surface area contributed by atoms with Crippen LogP contribution in [0.5, 0.6) is 0 Å². The molecule has 0 aliphatic rings. The summed E-state index contributed by atoms with van der Waals surface area (Å²) < 4.78 is 15.8. The molecule has 0 bridgehead atoms. The summed E-state index contributed by atoms with van der Waals surface area (Å²) in [6, 6.07) is 6.39. The van der Waals surface area contributed by atoms with Crippen molar-refractivity contribution in [1.29, 1.82) is 0 Å². The van der Waals surface area contributed by atoms with Crippen LogP contribution in [0.4, 0.5) is 4.39 Å². The molecule has 0 saturated heterocycles. The van der Waals surface area contributed by atoms with Crippen molar-refractivity contribution in [2.24, 2.45) is 0 Å². The van der Waals surface area contributed by atoms with E-state index in [4.69, 9.17) is 11.6 Å². The van der Waals surface area contributed by atoms with Gasteiger partial charge in [-0.05, 0) is 24.6 Å². The Balaban J connectivity index is 1.53. The van der Waals surface area contributed by atoms with E-state index in [1.165, 1.54) is 17.4 Å². The minimum absolute atomic E-state index is 0.0395. The molecular formula is C19H13ClFN3OS. The van der Waals surface area contributed by atoms with E-state index in [9.17, 15) is 9.18 Å². The van der Waals surface area contributed by atoms with Crippen LogP contribution in [0.15, 0.2) is 54.4 Å². The number of carbonyl (C=O) groups is 1. The van der Waals surface area contributed by atoms with Gasteiger partial charge in [-0.1, -0.05) is 17.7 Å². The maximum Gasteiger partial charge on any atom is 0.164 e. The van der Waals surface area contributed by atoms with Crippen molar-refractivity contribution in [2.75, 3.05) is 0 Å². The highest BCUT2D eigenvalue weighted by atomic mass is 35.5. The fourth-order valence-electron chi connectivity index (χ4n) is 2.80. The Labute approximate surface area is 157 Å². The van der Waals surface area contributed by atoms with Crippen molar-refractivity contribution in [3.05, 3.63) is 76.4 Å². The average molecular weight is 386 g/mol. The van der Waals surface area contributed by atoms with Gasteiger partial charge in [0, 0.05) is 40.3 Å². The Kier molecular flexibility index (Phi) is 4.53. The van der Waals surface area contributed by atoms with Gasteiger partial charge in [0.25, 0.3) is 0 Å². The van der Waals surface area contributed by atoms with Crippen molar-refractivity contribution in [3.63, 3.8) is 0 Å². The third-order valence-electron chi connectivity index (χ3n) is 4.15. The first-order chi connectivity index (χ1) is 12.6. The van der Waals surface area contributed by atoms with Gasteiger partial charge in [-0.15, -0.1) is 11.3 Å². The SMILES string of the molecule is O=C(CCc1c(F)cccc1Cl)c1csc(-c2cnc3cnccn23)c1. The molecule has 0 N–H and O–H groups in total. The molecule has 0 atom stereocenters. The Morgan fingerprint density at radius 2 is 2.19 bits per heavy atom. The third kappa shape index (κ3) is 3.13. The number of imidazole rings is 1. The molecule has 7 heteroatoms. The lowest BCUT2D eigenvalue weighted by Crippen LogP contribution is -2.01. The van der Waals surface area contributed by atoms with Gasteiger partial charge in [-0.25, -0.2) is 9.37 Å². The second kappa shape index (κ2) is 6.97. The topological polar surface area (TPSA) is 47.3 Å². The van der Waals surface area contributed by atoms with Gasteiger partial charge in [-0.3, -0.25) is 14.2 Å². The zero-order chi connectivity index (χ0) is 18.1. The lowest BCUT2D eigenvalue weighted by Gasteiger charge is -2.04. The lowest BCUT2D eigenvalue weighted by atomic mass is 10.0. The largest absolute Gasteiger partial charge is 0.296 e. The molecule has 0 saturated carbocycles. The first kappa shape index (κ1) is 16.9. The maximum atomic E-state index is 13.8. The smallest absolute Gasteiger partial charge is 0.164 e. The highest BCUT2D eigenvalue weighted by Crippen LogP contribution is 2.29. The van der Waals surface area contributed by atoms with Crippen molar-refractivity contribution in [3.8, 4) is 10.6 Å². The van der Waals surface area contributed by atoms with E-state index in [0.717, 1.165) is 16.2 Å². The summed E-state index contributed by atoms with van der Waals surface area (Å²) >= 11 is 7.50. The minimum Gasteiger partial charge on any atom is -0.296 e. The minimum atomic E-state index is -0.379. The summed E-state index contributed by atoms with van der Waals surface area (Å²) in [5, 5.41) is 2.17. The Morgan fingerprint density at radius 1 is 1.31 bits per heavy atom. The molecule has 0 radical (unpaired) electrons. The van der Waals surface area contributed by atoms with Crippen molar-refractivity contribution in [1.82, 2.24) is 14.4 Å². The summed E-state index contributed by atoms with van der Waals surface area (Å²) in [5.74, 6) is -0.419. The van der Waals surface area contributed by atoms with E-state index in [-0.39, 0.29) is 24.4 Å². The van der Waals surface area contributed by atoms with Crippen molar-refractivity contribution < 1.29 is 9.18 Å². The quantitative estimate of drug-likeness (QED) is 0.451. The normalized spacial score (nSPS) is 11.2. The standard InChI is InChI=1S/C19H13ClFN3OS/c20-14-2-1-3-15(21)13(14)4-5-17(25)12-8-18(26-11-12)16-9-23-19-10-22-6-7-24(16)19/h1-3,6-11H,4-5H2. The van der Waals surface area contributed by atoms with Crippen molar-refractivity contribution in [2.45, 2.75) is 12.8 Å². The predicted octanol–water partition coefficient (Wildman–Crippen LogP) is 5.07. The predicted molar refractivity (Wildman–Crippen MR) is 100 cm³/mol. The second-order valence-electron chi connectivity index (χ2n) is 5.77. The first-order valence-corrected chi connectivity index (χ1v) is 9.21. The molecule has 130 valence electrons. The molecule has 26 heavy (non-hydrogen) atoms. The molecular weight excluding hydrogens is 373 g/mol. The number of hydrogen-bond acceptors (Lipinski definition) is 4. The maximum absolute atomic E-state index is 13.8. The van der Waals surface area contributed by atoms with Gasteiger partial charge in [0.15, 0.2) is 11.4 Å². The number of carbonyl (C=O) groups excluding carboxylic acids is 1. The summed E-state index contributed by atoms with van der Waals surface area (Å²) in [7, 11) is 0. The highest BCUT2D eigenvalue weighted by molar-refractivity contribution is 7.13. The Hall–Kier alpha value is -2.57. The fourth-order valence-corrected chi connectivity index (χ4v) is 3.97. The number of halogens is 2. The van der Waals surface area contributed by atoms with Crippen LogP contribution in [0.3, 0.4) is 0 Å². The van der Waals surface area contributed by atoms with E-state index in [1.807, 2.05) is 22.0 Å². The average Bonchev–Trinajstić information content (AvgIpc) is 3.28. The van der Waals surface area contributed by atoms with Crippen LogP contribution in [0.1, 0.15) is 22.3 Å². The summed E-state index contributed by atoms with van der Waals surface area (Å²) in [6.07, 6.45) is 7.44. The number of benzene rings is 1. The number of thiophene rings is 1. The Bertz CT molecular complexity index is 1080. The third-order valence-corrected chi connectivity index (χ3v) is 5.46. The summed E-state index contributed by atoms with van der Waals surface area (Å²) in [4.78, 5) is 21.8. The van der Waals surface area contributed by atoms with E-state index >= 15 is 0 Å². The highest BCUT2D eigenvalue weighted by Gasteiger charge is 2.15. The van der Waals surface area contributed by atoms with Crippen molar-refractivity contribution >= 4 is 34.4 Å². The zero-order valence-corrected chi connectivity index (χ0v) is 15.1. The van der Waals surface area contributed by atoms with Crippen LogP contribution < -0.4 is 0 Å². The van der Waals surface area contributed by atoms with Gasteiger partial charge in [-0.2, -0.15) is 0 Å². The van der Waals surface area contributed by atoms with Gasteiger partial charge in [0.1, 0.15) is 5.82 Å². The van der Waals surface area contributed by atoms with Gasteiger partial charge < -0.3 is 0 Å². The van der Waals surface area contributed by atoms with Gasteiger partial charge >= 0.3 is 0 Å². The molecule has 4 rings (SSSR count). The lowest BCUT2D eigenvalue weighted by molar-refractivity contribution is 0.0983. The number of hydrogen-bond donors (Lipinski definition) is 0. The molecule has 0 aliphatic carbocycles. The van der Waals surface area contributed by atoms with Crippen LogP contribution in [0, 0.1) is 5.82 Å². The molecule has 3 aromatic heterocycles. The Morgan fingerprint density at radius 3 is 3.04 bits per heavy atom. The van der Waals surface area contributed by atoms with E-state index in [2.05, 4.69) is 9.97 Å². The number of Topliss-reactive ketones (excluding diaryl/α,β-unsaturated/α-hetero) is 1. The van der Waals surface area contributed by atoms with E-state index < -0.39 is 0 Å². The molecule has 4 aromatic rings. The molecule has 0 spiro atoms. The van der Waals surface area contributed by atoms with Gasteiger partial charge in [0.05, 0.1) is 23.0 Å². The first-order valence-electron chi connectivity index (χ1n) is 7.95. The number of nitrogens with zero attached hydrogens (tertiary/aromatic N) is 3. The van der Waals surface area contributed by atoms with Crippen LogP contribution in [-0.4, -0.2) is 20.2 Å². The monoisotopic (exact) mass is 385 g/mol. The van der Waals surface area contributed by atoms with Crippen LogP contribution in [0.2, 0.25) is 5.02 Å². The van der Waals surface area contributed by atoms with Gasteiger partial charge in [0.2, 0.25) is 0 Å². The molecule has 0 amide bonds. The molecule has 0 aliphatic heterocycles. The fraction of sp³-hybridized carbons (Fsp3) is 0.105. The van der Waals surface area contributed by atoms with Crippen LogP contribution in [-0.2, 0) is 6.42 Å². The summed E-state index contributed by atoms with van der Waals surface area (Å²) in [6.45, 7) is 0. The number of rotatable bonds is 5. The number of fused-ring (bicyclic) bond motifs is 1. The second-order valence-corrected chi connectivity index (χ2v) is 7.09. The molecule has 0 fully saturated rings. The molecule has 4 nitrogen and oxygen atoms in total. The van der Waals surface area contributed by atoms with Crippen LogP contribution in [0.25, 0.3) is 16.2 Å². The van der Waals surface area contributed by atoms with Crippen LogP contribution >= 0.6 is 22.9 Å². The molecule has 3 heterocycles. The van der Waals surface area contributed by atoms with E-state index in [1.54, 1.807) is 30.7 Å². The summed E-state index contributed by atoms with van der Waals surface area (Å²) in [5.41, 5.74) is 2.65. The van der Waals surface area contributed by atoms with E-state index in [0.29, 0.717) is 16.1 Å². The molecule has 1 aromatic carbocycles. The number of ketones is 1. The molecule has 0 unspecified atom stereocenters.